The van der Waals surface area contributed by atoms with Gasteiger partial charge in [-0.3, -0.25) is 0 Å². The zero-order valence-electron chi connectivity index (χ0n) is 11.0. The summed E-state index contributed by atoms with van der Waals surface area (Å²) in [4.78, 5) is 0. The molecule has 1 unspecified atom stereocenters. The number of aliphatic hydroxyl groups is 1. The van der Waals surface area contributed by atoms with E-state index in [4.69, 9.17) is 0 Å². The van der Waals surface area contributed by atoms with E-state index in [1.54, 1.807) is 13.0 Å². The monoisotopic (exact) mass is 251 g/mol. The first kappa shape index (κ1) is 13.5. The van der Waals surface area contributed by atoms with E-state index >= 15 is 0 Å². The second-order valence-corrected chi connectivity index (χ2v) is 5.33. The molecule has 2 nitrogen and oxygen atoms in total. The van der Waals surface area contributed by atoms with E-state index < -0.39 is 0 Å². The van der Waals surface area contributed by atoms with E-state index in [1.165, 1.54) is 18.9 Å². The lowest BCUT2D eigenvalue weighted by Crippen LogP contribution is -2.31. The van der Waals surface area contributed by atoms with Gasteiger partial charge in [0.15, 0.2) is 0 Å². The third-order valence-corrected chi connectivity index (χ3v) is 3.85. The molecule has 0 bridgehead atoms. The predicted molar refractivity (Wildman–Crippen MR) is 70.8 cm³/mol. The normalized spacial score (nSPS) is 18.2. The molecule has 1 fully saturated rings. The zero-order chi connectivity index (χ0) is 13.0. The third kappa shape index (κ3) is 3.53. The van der Waals surface area contributed by atoms with Crippen molar-refractivity contribution in [1.82, 2.24) is 5.32 Å². The lowest BCUT2D eigenvalue weighted by Gasteiger charge is -2.18. The molecule has 100 valence electrons. The number of rotatable bonds is 5. The molecule has 0 radical (unpaired) electrons. The molecule has 1 aromatic carbocycles. The van der Waals surface area contributed by atoms with Crippen LogP contribution in [0.15, 0.2) is 18.2 Å². The van der Waals surface area contributed by atoms with Crippen LogP contribution in [0.25, 0.3) is 0 Å². The van der Waals surface area contributed by atoms with Crippen LogP contribution < -0.4 is 5.32 Å². The third-order valence-electron chi connectivity index (χ3n) is 3.85. The van der Waals surface area contributed by atoms with E-state index in [0.717, 1.165) is 18.4 Å². The molecule has 1 saturated carbocycles. The summed E-state index contributed by atoms with van der Waals surface area (Å²) in [6.07, 6.45) is 4.56. The summed E-state index contributed by atoms with van der Waals surface area (Å²) >= 11 is 0. The molecule has 1 aliphatic rings. The maximum Gasteiger partial charge on any atom is 0.126 e. The van der Waals surface area contributed by atoms with Crippen LogP contribution in [0.4, 0.5) is 4.39 Å². The van der Waals surface area contributed by atoms with Crippen molar-refractivity contribution in [2.24, 2.45) is 5.92 Å². The van der Waals surface area contributed by atoms with Crippen LogP contribution in [-0.2, 0) is 6.54 Å². The average molecular weight is 251 g/mol. The number of hydrogen-bond donors (Lipinski definition) is 2. The van der Waals surface area contributed by atoms with Gasteiger partial charge in [-0.2, -0.15) is 0 Å². The Morgan fingerprint density at radius 2 is 2.11 bits per heavy atom. The SMILES string of the molecule is Cc1cc(CNCC(O)C2CCCC2)ccc1F. The molecule has 18 heavy (non-hydrogen) atoms. The van der Waals surface area contributed by atoms with Crippen molar-refractivity contribution in [1.29, 1.82) is 0 Å². The first-order chi connectivity index (χ1) is 8.66. The maximum atomic E-state index is 13.1. The van der Waals surface area contributed by atoms with Gasteiger partial charge in [0.2, 0.25) is 0 Å². The van der Waals surface area contributed by atoms with Crippen LogP contribution in [0.1, 0.15) is 36.8 Å². The van der Waals surface area contributed by atoms with Crippen molar-refractivity contribution in [2.45, 2.75) is 45.3 Å². The maximum absolute atomic E-state index is 13.1. The Balaban J connectivity index is 1.75. The predicted octanol–water partition coefficient (Wildman–Crippen LogP) is 2.77. The van der Waals surface area contributed by atoms with Gasteiger partial charge in [-0.05, 0) is 42.9 Å². The molecule has 1 aliphatic carbocycles. The first-order valence-electron chi connectivity index (χ1n) is 6.80. The van der Waals surface area contributed by atoms with E-state index in [0.29, 0.717) is 24.6 Å². The highest BCUT2D eigenvalue weighted by atomic mass is 19.1. The fourth-order valence-electron chi connectivity index (χ4n) is 2.69. The van der Waals surface area contributed by atoms with Gasteiger partial charge in [0.1, 0.15) is 5.82 Å². The van der Waals surface area contributed by atoms with Crippen molar-refractivity contribution in [3.8, 4) is 0 Å². The van der Waals surface area contributed by atoms with Crippen LogP contribution >= 0.6 is 0 Å². The molecule has 3 heteroatoms. The highest BCUT2D eigenvalue weighted by Gasteiger charge is 2.22. The average Bonchev–Trinajstić information content (AvgIpc) is 2.87. The summed E-state index contributed by atoms with van der Waals surface area (Å²) in [7, 11) is 0. The fraction of sp³-hybridized carbons (Fsp3) is 0.600. The Bertz CT molecular complexity index is 388. The fourth-order valence-corrected chi connectivity index (χ4v) is 2.69. The summed E-state index contributed by atoms with van der Waals surface area (Å²) < 4.78 is 13.1. The molecule has 0 heterocycles. The quantitative estimate of drug-likeness (QED) is 0.843. The van der Waals surface area contributed by atoms with E-state index in [2.05, 4.69) is 5.32 Å². The van der Waals surface area contributed by atoms with Crippen molar-refractivity contribution in [3.05, 3.63) is 35.1 Å². The summed E-state index contributed by atoms with van der Waals surface area (Å²) in [6, 6.07) is 5.14. The lowest BCUT2D eigenvalue weighted by atomic mass is 10.0. The molecule has 0 amide bonds. The Morgan fingerprint density at radius 3 is 2.78 bits per heavy atom. The summed E-state index contributed by atoms with van der Waals surface area (Å²) in [5, 5.41) is 13.3. The van der Waals surface area contributed by atoms with E-state index in [9.17, 15) is 9.50 Å². The molecular formula is C15H22FNO. The number of nitrogens with one attached hydrogen (secondary N) is 1. The molecule has 0 aromatic heterocycles. The molecule has 0 saturated heterocycles. The van der Waals surface area contributed by atoms with Crippen LogP contribution in [-0.4, -0.2) is 17.8 Å². The summed E-state index contributed by atoms with van der Waals surface area (Å²) in [6.45, 7) is 3.08. The standard InChI is InChI=1S/C15H22FNO/c1-11-8-12(6-7-14(11)16)9-17-10-15(18)13-4-2-3-5-13/h6-8,13,15,17-18H,2-5,9-10H2,1H3. The Kier molecular flexibility index (Phi) is 4.72. The van der Waals surface area contributed by atoms with Crippen molar-refractivity contribution < 1.29 is 9.50 Å². The van der Waals surface area contributed by atoms with Gasteiger partial charge in [-0.25, -0.2) is 4.39 Å². The molecular weight excluding hydrogens is 229 g/mol. The second kappa shape index (κ2) is 6.30. The second-order valence-electron chi connectivity index (χ2n) is 5.33. The van der Waals surface area contributed by atoms with E-state index in [-0.39, 0.29) is 11.9 Å². The highest BCUT2D eigenvalue weighted by Crippen LogP contribution is 2.27. The molecule has 2 N–H and O–H groups in total. The van der Waals surface area contributed by atoms with E-state index in [1.807, 2.05) is 6.07 Å². The zero-order valence-corrected chi connectivity index (χ0v) is 11.0. The van der Waals surface area contributed by atoms with Gasteiger partial charge in [0.25, 0.3) is 0 Å². The van der Waals surface area contributed by atoms with Gasteiger partial charge in [-0.15, -0.1) is 0 Å². The Morgan fingerprint density at radius 1 is 1.39 bits per heavy atom. The van der Waals surface area contributed by atoms with Crippen molar-refractivity contribution >= 4 is 0 Å². The topological polar surface area (TPSA) is 32.3 Å². The summed E-state index contributed by atoms with van der Waals surface area (Å²) in [5.41, 5.74) is 1.73. The largest absolute Gasteiger partial charge is 0.392 e. The first-order valence-corrected chi connectivity index (χ1v) is 6.80. The van der Waals surface area contributed by atoms with Crippen molar-refractivity contribution in [2.75, 3.05) is 6.54 Å². The number of aliphatic hydroxyl groups excluding tert-OH is 1. The number of benzene rings is 1. The Labute approximate surface area is 108 Å². The lowest BCUT2D eigenvalue weighted by molar-refractivity contribution is 0.109. The van der Waals surface area contributed by atoms with Gasteiger partial charge in [0, 0.05) is 13.1 Å². The Hall–Kier alpha value is -0.930. The molecule has 2 rings (SSSR count). The van der Waals surface area contributed by atoms with Crippen LogP contribution in [0.3, 0.4) is 0 Å². The number of aryl methyl sites for hydroxylation is 1. The molecule has 0 spiro atoms. The summed E-state index contributed by atoms with van der Waals surface area (Å²) in [5.74, 6) is 0.303. The minimum atomic E-state index is -0.242. The highest BCUT2D eigenvalue weighted by molar-refractivity contribution is 5.23. The van der Waals surface area contributed by atoms with Crippen LogP contribution in [0.5, 0.6) is 0 Å². The molecule has 1 aromatic rings. The van der Waals surface area contributed by atoms with Crippen LogP contribution in [0, 0.1) is 18.7 Å². The van der Waals surface area contributed by atoms with Gasteiger partial charge >= 0.3 is 0 Å². The number of halogens is 1. The molecule has 1 atom stereocenters. The van der Waals surface area contributed by atoms with Gasteiger partial charge in [-0.1, -0.05) is 25.0 Å². The van der Waals surface area contributed by atoms with Crippen LogP contribution in [0.2, 0.25) is 0 Å². The van der Waals surface area contributed by atoms with Crippen molar-refractivity contribution in [3.63, 3.8) is 0 Å². The van der Waals surface area contributed by atoms with Gasteiger partial charge in [0.05, 0.1) is 6.10 Å². The minimum Gasteiger partial charge on any atom is -0.392 e. The molecule has 0 aliphatic heterocycles. The number of hydrogen-bond acceptors (Lipinski definition) is 2. The smallest absolute Gasteiger partial charge is 0.126 e. The minimum absolute atomic E-state index is 0.162. The van der Waals surface area contributed by atoms with Gasteiger partial charge < -0.3 is 10.4 Å².